The summed E-state index contributed by atoms with van der Waals surface area (Å²) in [5.41, 5.74) is 0.396. The zero-order valence-electron chi connectivity index (χ0n) is 12.1. The molecule has 0 bridgehead atoms. The average Bonchev–Trinajstić information content (AvgIpc) is 3.00. The number of nitrogens with zero attached hydrogens (tertiary/aromatic N) is 6. The van der Waals surface area contributed by atoms with E-state index in [1.54, 1.807) is 11.7 Å². The van der Waals surface area contributed by atoms with E-state index in [-0.39, 0.29) is 12.1 Å². The maximum absolute atomic E-state index is 12.3. The van der Waals surface area contributed by atoms with Gasteiger partial charge in [-0.25, -0.2) is 4.98 Å². The normalized spacial score (nSPS) is 11.6. The van der Waals surface area contributed by atoms with Crippen LogP contribution in [0, 0.1) is 5.92 Å². The van der Waals surface area contributed by atoms with Crippen molar-refractivity contribution in [2.45, 2.75) is 26.8 Å². The van der Waals surface area contributed by atoms with Gasteiger partial charge in [-0.1, -0.05) is 19.0 Å². The molecule has 8 nitrogen and oxygen atoms in total. The monoisotopic (exact) mass is 288 g/mol. The highest BCUT2D eigenvalue weighted by molar-refractivity contribution is 5.72. The highest BCUT2D eigenvalue weighted by Crippen LogP contribution is 2.07. The minimum Gasteiger partial charge on any atom is -0.339 e. The third-order valence-electron chi connectivity index (χ3n) is 3.12. The summed E-state index contributed by atoms with van der Waals surface area (Å²) >= 11 is 0. The predicted octanol–water partition coefficient (Wildman–Crippen LogP) is 0.760. The Hall–Kier alpha value is -2.51. The molecule has 0 aromatic carbocycles. The first-order chi connectivity index (χ1) is 10.0. The molecule has 8 heteroatoms. The van der Waals surface area contributed by atoms with Gasteiger partial charge >= 0.3 is 0 Å². The summed E-state index contributed by atoms with van der Waals surface area (Å²) < 4.78 is 8.18. The second-order valence-corrected chi connectivity index (χ2v) is 5.39. The van der Waals surface area contributed by atoms with E-state index in [0.29, 0.717) is 28.7 Å². The van der Waals surface area contributed by atoms with Crippen molar-refractivity contribution in [3.05, 3.63) is 34.6 Å². The summed E-state index contributed by atoms with van der Waals surface area (Å²) in [6.45, 7) is 4.39. The molecule has 0 atom stereocenters. The largest absolute Gasteiger partial charge is 0.339 e. The number of hydrogen-bond acceptors (Lipinski definition) is 6. The molecule has 21 heavy (non-hydrogen) atoms. The molecule has 0 aliphatic heterocycles. The fraction of sp³-hybridized carbons (Fsp3) is 0.462. The van der Waals surface area contributed by atoms with Gasteiger partial charge in [0.25, 0.3) is 5.56 Å². The smallest absolute Gasteiger partial charge is 0.264 e. The molecular formula is C13H16N6O2. The van der Waals surface area contributed by atoms with Crippen LogP contribution in [0.2, 0.25) is 0 Å². The van der Waals surface area contributed by atoms with Crippen molar-refractivity contribution in [2.75, 3.05) is 0 Å². The van der Waals surface area contributed by atoms with Gasteiger partial charge in [-0.05, 0) is 5.92 Å². The average molecular weight is 288 g/mol. The van der Waals surface area contributed by atoms with Crippen molar-refractivity contribution in [2.24, 2.45) is 13.0 Å². The van der Waals surface area contributed by atoms with Crippen LogP contribution < -0.4 is 5.56 Å². The summed E-state index contributed by atoms with van der Waals surface area (Å²) in [6, 6.07) is 0. The van der Waals surface area contributed by atoms with Crippen LogP contribution in [-0.4, -0.2) is 29.5 Å². The maximum atomic E-state index is 12.3. The number of fused-ring (bicyclic) bond motifs is 1. The van der Waals surface area contributed by atoms with Crippen LogP contribution in [0.3, 0.4) is 0 Å². The highest BCUT2D eigenvalue weighted by atomic mass is 16.5. The number of aryl methyl sites for hydroxylation is 1. The van der Waals surface area contributed by atoms with Crippen LogP contribution in [0.4, 0.5) is 0 Å². The Morgan fingerprint density at radius 2 is 2.19 bits per heavy atom. The minimum atomic E-state index is -0.164. The zero-order chi connectivity index (χ0) is 15.0. The highest BCUT2D eigenvalue weighted by Gasteiger charge is 2.12. The molecule has 3 aromatic heterocycles. The van der Waals surface area contributed by atoms with E-state index in [2.05, 4.69) is 34.1 Å². The molecule has 0 spiro atoms. The lowest BCUT2D eigenvalue weighted by molar-refractivity contribution is 0.358. The molecule has 0 unspecified atom stereocenters. The van der Waals surface area contributed by atoms with Gasteiger partial charge in [-0.3, -0.25) is 14.0 Å². The molecule has 0 saturated carbocycles. The Morgan fingerprint density at radius 3 is 2.95 bits per heavy atom. The van der Waals surface area contributed by atoms with Gasteiger partial charge in [0.15, 0.2) is 11.5 Å². The molecule has 0 N–H and O–H groups in total. The molecule has 0 radical (unpaired) electrons. The van der Waals surface area contributed by atoms with Crippen molar-refractivity contribution in [1.29, 1.82) is 0 Å². The Bertz CT molecular complexity index is 829. The second-order valence-electron chi connectivity index (χ2n) is 5.39. The van der Waals surface area contributed by atoms with E-state index in [9.17, 15) is 4.79 Å². The van der Waals surface area contributed by atoms with Gasteiger partial charge < -0.3 is 4.52 Å². The van der Waals surface area contributed by atoms with Crippen molar-refractivity contribution in [1.82, 2.24) is 29.5 Å². The summed E-state index contributed by atoms with van der Waals surface area (Å²) in [7, 11) is 1.75. The van der Waals surface area contributed by atoms with E-state index in [4.69, 9.17) is 4.52 Å². The quantitative estimate of drug-likeness (QED) is 0.704. The summed E-state index contributed by atoms with van der Waals surface area (Å²) in [5, 5.41) is 8.41. The van der Waals surface area contributed by atoms with E-state index >= 15 is 0 Å². The van der Waals surface area contributed by atoms with Gasteiger partial charge in [0.2, 0.25) is 5.89 Å². The van der Waals surface area contributed by atoms with Crippen molar-refractivity contribution < 1.29 is 4.52 Å². The standard InChI is InChI=1S/C13H16N6O2/c1-8(2)4-11-16-10(17-21-11)6-19-7-14-12-9(13(19)20)5-15-18(12)3/h5,7-8H,4,6H2,1-3H3. The zero-order valence-corrected chi connectivity index (χ0v) is 12.1. The lowest BCUT2D eigenvalue weighted by Gasteiger charge is -2.01. The SMILES string of the molecule is CC(C)Cc1nc(Cn2cnc3c(cnn3C)c2=O)no1. The molecule has 0 fully saturated rings. The van der Waals surface area contributed by atoms with Gasteiger partial charge in [-0.2, -0.15) is 10.1 Å². The molecule has 0 aliphatic carbocycles. The van der Waals surface area contributed by atoms with Crippen LogP contribution in [0.15, 0.2) is 21.8 Å². The Labute approximate surface area is 120 Å². The molecule has 3 rings (SSSR count). The first kappa shape index (κ1) is 13.5. The number of hydrogen-bond donors (Lipinski definition) is 0. The van der Waals surface area contributed by atoms with Crippen molar-refractivity contribution in [3.63, 3.8) is 0 Å². The predicted molar refractivity (Wildman–Crippen MR) is 74.7 cm³/mol. The third kappa shape index (κ3) is 2.56. The minimum absolute atomic E-state index is 0.164. The van der Waals surface area contributed by atoms with E-state index in [0.717, 1.165) is 6.42 Å². The van der Waals surface area contributed by atoms with Crippen LogP contribution in [0.5, 0.6) is 0 Å². The van der Waals surface area contributed by atoms with Gasteiger partial charge in [0.05, 0.1) is 12.7 Å². The molecule has 0 aliphatic rings. The first-order valence-corrected chi connectivity index (χ1v) is 6.73. The van der Waals surface area contributed by atoms with E-state index in [1.807, 2.05) is 0 Å². The van der Waals surface area contributed by atoms with Crippen molar-refractivity contribution >= 4 is 11.0 Å². The lowest BCUT2D eigenvalue weighted by atomic mass is 10.1. The number of aromatic nitrogens is 6. The van der Waals surface area contributed by atoms with Gasteiger partial charge in [-0.15, -0.1) is 0 Å². The van der Waals surface area contributed by atoms with Crippen LogP contribution in [0.1, 0.15) is 25.6 Å². The number of rotatable bonds is 4. The van der Waals surface area contributed by atoms with Gasteiger partial charge in [0, 0.05) is 13.5 Å². The van der Waals surface area contributed by atoms with Crippen molar-refractivity contribution in [3.8, 4) is 0 Å². The lowest BCUT2D eigenvalue weighted by Crippen LogP contribution is -2.21. The summed E-state index contributed by atoms with van der Waals surface area (Å²) in [5.74, 6) is 1.50. The maximum Gasteiger partial charge on any atom is 0.264 e. The summed E-state index contributed by atoms with van der Waals surface area (Å²) in [4.78, 5) is 20.8. The second kappa shape index (κ2) is 5.12. The topological polar surface area (TPSA) is 91.6 Å². The molecule has 110 valence electrons. The fourth-order valence-electron chi connectivity index (χ4n) is 2.12. The Morgan fingerprint density at radius 1 is 1.38 bits per heavy atom. The van der Waals surface area contributed by atoms with E-state index < -0.39 is 0 Å². The van der Waals surface area contributed by atoms with E-state index in [1.165, 1.54) is 17.1 Å². The molecule has 3 aromatic rings. The first-order valence-electron chi connectivity index (χ1n) is 6.73. The summed E-state index contributed by atoms with van der Waals surface area (Å²) in [6.07, 6.45) is 3.72. The van der Waals surface area contributed by atoms with Crippen LogP contribution in [-0.2, 0) is 20.0 Å². The molecule has 0 amide bonds. The Balaban J connectivity index is 1.89. The van der Waals surface area contributed by atoms with Crippen LogP contribution >= 0.6 is 0 Å². The van der Waals surface area contributed by atoms with Crippen LogP contribution in [0.25, 0.3) is 11.0 Å². The fourth-order valence-corrected chi connectivity index (χ4v) is 2.12. The molecular weight excluding hydrogens is 272 g/mol. The Kier molecular flexibility index (Phi) is 3.28. The molecule has 3 heterocycles. The van der Waals surface area contributed by atoms with Gasteiger partial charge in [0.1, 0.15) is 11.7 Å². The third-order valence-corrected chi connectivity index (χ3v) is 3.12. The molecule has 0 saturated heterocycles.